The van der Waals surface area contributed by atoms with E-state index >= 15 is 0 Å². The van der Waals surface area contributed by atoms with E-state index in [4.69, 9.17) is 0 Å². The van der Waals surface area contributed by atoms with Gasteiger partial charge in [-0.25, -0.2) is 9.97 Å². The third kappa shape index (κ3) is 2.21. The zero-order valence-corrected chi connectivity index (χ0v) is 12.5. The highest BCUT2D eigenvalue weighted by Gasteiger charge is 2.18. The summed E-state index contributed by atoms with van der Waals surface area (Å²) in [5.74, 6) is 0.545. The molecule has 2 heterocycles. The van der Waals surface area contributed by atoms with Gasteiger partial charge in [-0.3, -0.25) is 4.57 Å². The summed E-state index contributed by atoms with van der Waals surface area (Å²) >= 11 is 0. The van der Waals surface area contributed by atoms with Crippen molar-refractivity contribution >= 4 is 11.2 Å². The molecule has 0 aliphatic carbocycles. The molecule has 6 nitrogen and oxygen atoms in total. The number of nitrogens with zero attached hydrogens (tertiary/aromatic N) is 3. The van der Waals surface area contributed by atoms with E-state index in [1.807, 2.05) is 6.07 Å². The van der Waals surface area contributed by atoms with Gasteiger partial charge >= 0.3 is 0 Å². The van der Waals surface area contributed by atoms with E-state index < -0.39 is 0 Å². The van der Waals surface area contributed by atoms with E-state index in [2.05, 4.69) is 9.97 Å². The number of aromatic hydroxyl groups is 3. The van der Waals surface area contributed by atoms with Crippen LogP contribution in [0.3, 0.4) is 0 Å². The molecule has 0 amide bonds. The van der Waals surface area contributed by atoms with E-state index in [0.29, 0.717) is 22.6 Å². The molecule has 2 aromatic heterocycles. The Morgan fingerprint density at radius 1 is 0.833 bits per heavy atom. The Balaban J connectivity index is 2.05. The summed E-state index contributed by atoms with van der Waals surface area (Å²) in [6.07, 6.45) is 1.67. The summed E-state index contributed by atoms with van der Waals surface area (Å²) in [7, 11) is 0. The largest absolute Gasteiger partial charge is 0.508 e. The lowest BCUT2D eigenvalue weighted by atomic mass is 10.1. The summed E-state index contributed by atoms with van der Waals surface area (Å²) in [6, 6.07) is 14.6. The van der Waals surface area contributed by atoms with Crippen LogP contribution in [0.15, 0.2) is 60.8 Å². The average Bonchev–Trinajstić information content (AvgIpc) is 2.95. The molecule has 4 aromatic rings. The highest BCUT2D eigenvalue weighted by molar-refractivity contribution is 5.81. The predicted molar refractivity (Wildman–Crippen MR) is 89.3 cm³/mol. The number of phenols is 3. The first-order chi connectivity index (χ1) is 11.6. The summed E-state index contributed by atoms with van der Waals surface area (Å²) < 4.78 is 1.79. The van der Waals surface area contributed by atoms with Gasteiger partial charge < -0.3 is 15.3 Å². The Labute approximate surface area is 136 Å². The van der Waals surface area contributed by atoms with Gasteiger partial charge in [0.1, 0.15) is 22.8 Å². The molecule has 4 rings (SSSR count). The van der Waals surface area contributed by atoms with Gasteiger partial charge in [0, 0.05) is 18.0 Å². The van der Waals surface area contributed by atoms with Crippen molar-refractivity contribution in [2.24, 2.45) is 0 Å². The molecule has 0 bridgehead atoms. The Morgan fingerprint density at radius 2 is 1.58 bits per heavy atom. The monoisotopic (exact) mass is 319 g/mol. The fraction of sp³-hybridized carbons (Fsp3) is 0. The highest BCUT2D eigenvalue weighted by atomic mass is 16.3. The van der Waals surface area contributed by atoms with Crippen molar-refractivity contribution in [3.05, 3.63) is 60.8 Å². The van der Waals surface area contributed by atoms with Gasteiger partial charge in [0.2, 0.25) is 0 Å². The van der Waals surface area contributed by atoms with E-state index in [1.165, 1.54) is 12.1 Å². The minimum absolute atomic E-state index is 0.0262. The van der Waals surface area contributed by atoms with Crippen molar-refractivity contribution in [1.29, 1.82) is 0 Å². The van der Waals surface area contributed by atoms with Crippen molar-refractivity contribution in [1.82, 2.24) is 14.5 Å². The molecule has 0 spiro atoms. The molecule has 0 radical (unpaired) electrons. The van der Waals surface area contributed by atoms with Crippen LogP contribution < -0.4 is 0 Å². The minimum atomic E-state index is -0.0784. The maximum Gasteiger partial charge on any atom is 0.164 e. The number of phenolic OH excluding ortho intramolecular Hbond substituents is 3. The number of pyridine rings is 1. The molecule has 6 heteroatoms. The van der Waals surface area contributed by atoms with Crippen molar-refractivity contribution < 1.29 is 15.3 Å². The smallest absolute Gasteiger partial charge is 0.164 e. The Hall–Kier alpha value is -3.54. The van der Waals surface area contributed by atoms with E-state index in [9.17, 15) is 15.3 Å². The van der Waals surface area contributed by atoms with E-state index in [0.717, 1.165) is 5.69 Å². The molecule has 0 atom stereocenters. The number of benzene rings is 2. The van der Waals surface area contributed by atoms with Gasteiger partial charge in [0.05, 0.1) is 5.56 Å². The fourth-order valence-corrected chi connectivity index (χ4v) is 2.65. The number of imidazole rings is 1. The average molecular weight is 319 g/mol. The second-order valence-electron chi connectivity index (χ2n) is 5.33. The molecule has 0 fully saturated rings. The molecule has 118 valence electrons. The number of hydrogen-bond acceptors (Lipinski definition) is 5. The van der Waals surface area contributed by atoms with Crippen LogP contribution in [0.25, 0.3) is 28.2 Å². The first-order valence-corrected chi connectivity index (χ1v) is 7.29. The number of hydrogen-bond donors (Lipinski definition) is 3. The summed E-state index contributed by atoms with van der Waals surface area (Å²) in [5, 5.41) is 29.2. The van der Waals surface area contributed by atoms with Crippen LogP contribution in [0.2, 0.25) is 0 Å². The Bertz CT molecular complexity index is 1040. The van der Waals surface area contributed by atoms with Crippen molar-refractivity contribution in [2.45, 2.75) is 0 Å². The molecule has 0 saturated carbocycles. The van der Waals surface area contributed by atoms with Gasteiger partial charge in [0.25, 0.3) is 0 Å². The summed E-state index contributed by atoms with van der Waals surface area (Å²) in [6.45, 7) is 0. The van der Waals surface area contributed by atoms with Crippen molar-refractivity contribution in [2.75, 3.05) is 0 Å². The molecule has 3 N–H and O–H groups in total. The quantitative estimate of drug-likeness (QED) is 0.528. The van der Waals surface area contributed by atoms with Crippen LogP contribution in [-0.4, -0.2) is 29.9 Å². The Kier molecular flexibility index (Phi) is 3.09. The molecule has 0 aliphatic heterocycles. The minimum Gasteiger partial charge on any atom is -0.508 e. The van der Waals surface area contributed by atoms with E-state index in [1.54, 1.807) is 47.2 Å². The number of fused-ring (bicyclic) bond motifs is 1. The molecule has 24 heavy (non-hydrogen) atoms. The molecule has 0 saturated heterocycles. The zero-order valence-electron chi connectivity index (χ0n) is 12.5. The lowest BCUT2D eigenvalue weighted by Gasteiger charge is -2.10. The molecule has 2 aromatic carbocycles. The SMILES string of the molecule is Oc1ccc(-n2c(-c3ccc(O)cc3O)nc3cccnc32)cc1. The lowest BCUT2D eigenvalue weighted by molar-refractivity contribution is 0.451. The Morgan fingerprint density at radius 3 is 2.33 bits per heavy atom. The van der Waals surface area contributed by atoms with Gasteiger partial charge in [-0.05, 0) is 48.5 Å². The molecule has 0 aliphatic rings. The van der Waals surface area contributed by atoms with Crippen LogP contribution in [0.4, 0.5) is 0 Å². The van der Waals surface area contributed by atoms with Crippen LogP contribution >= 0.6 is 0 Å². The third-order valence-electron chi connectivity index (χ3n) is 3.75. The lowest BCUT2D eigenvalue weighted by Crippen LogP contribution is -1.98. The maximum atomic E-state index is 10.2. The molecular formula is C18H13N3O3. The first-order valence-electron chi connectivity index (χ1n) is 7.29. The predicted octanol–water partition coefficient (Wildman–Crippen LogP) is 3.20. The second kappa shape index (κ2) is 5.27. The van der Waals surface area contributed by atoms with Crippen LogP contribution in [0.5, 0.6) is 17.2 Å². The number of rotatable bonds is 2. The first kappa shape index (κ1) is 14.1. The van der Waals surface area contributed by atoms with Crippen LogP contribution in [0, 0.1) is 0 Å². The highest BCUT2D eigenvalue weighted by Crippen LogP contribution is 2.35. The summed E-state index contributed by atoms with van der Waals surface area (Å²) in [4.78, 5) is 8.95. The van der Waals surface area contributed by atoms with E-state index in [-0.39, 0.29) is 17.2 Å². The van der Waals surface area contributed by atoms with Crippen molar-refractivity contribution in [3.8, 4) is 34.3 Å². The fourth-order valence-electron chi connectivity index (χ4n) is 2.65. The standard InChI is InChI=1S/C18H13N3O3/c22-12-5-3-11(4-6-12)21-17(14-8-7-13(23)10-16(14)24)20-15-2-1-9-19-18(15)21/h1-10,22-24H. The zero-order chi connectivity index (χ0) is 16.7. The topological polar surface area (TPSA) is 91.4 Å². The number of aromatic nitrogens is 3. The maximum absolute atomic E-state index is 10.2. The molecule has 0 unspecified atom stereocenters. The summed E-state index contributed by atoms with van der Waals surface area (Å²) in [5.41, 5.74) is 2.52. The van der Waals surface area contributed by atoms with Crippen molar-refractivity contribution in [3.63, 3.8) is 0 Å². The van der Waals surface area contributed by atoms with Gasteiger partial charge in [-0.2, -0.15) is 0 Å². The van der Waals surface area contributed by atoms with Crippen LogP contribution in [0.1, 0.15) is 0 Å². The van der Waals surface area contributed by atoms with Crippen LogP contribution in [-0.2, 0) is 0 Å². The second-order valence-corrected chi connectivity index (χ2v) is 5.33. The van der Waals surface area contributed by atoms with Gasteiger partial charge in [-0.15, -0.1) is 0 Å². The molecular weight excluding hydrogens is 306 g/mol. The van der Waals surface area contributed by atoms with Gasteiger partial charge in [0.15, 0.2) is 11.5 Å². The van der Waals surface area contributed by atoms with Gasteiger partial charge in [-0.1, -0.05) is 0 Å². The normalized spacial score (nSPS) is 11.0. The third-order valence-corrected chi connectivity index (χ3v) is 3.75.